The Morgan fingerprint density at radius 2 is 2.00 bits per heavy atom. The van der Waals surface area contributed by atoms with Gasteiger partial charge in [0.1, 0.15) is 0 Å². The normalized spacial score (nSPS) is 29.0. The molecule has 0 aliphatic carbocycles. The van der Waals surface area contributed by atoms with Crippen molar-refractivity contribution in [2.24, 2.45) is 13.0 Å². The first-order chi connectivity index (χ1) is 16.1. The van der Waals surface area contributed by atoms with Crippen LogP contribution in [0.1, 0.15) is 29.2 Å². The van der Waals surface area contributed by atoms with E-state index >= 15 is 0 Å². The number of alkyl halides is 3. The Morgan fingerprint density at radius 1 is 1.26 bits per heavy atom. The van der Waals surface area contributed by atoms with Crippen molar-refractivity contribution in [3.8, 4) is 0 Å². The molecule has 0 spiro atoms. The number of aliphatic hydroxyl groups is 1. The number of carbonyl (C=O) groups is 1. The van der Waals surface area contributed by atoms with Gasteiger partial charge in [-0.3, -0.25) is 9.48 Å². The highest BCUT2D eigenvalue weighted by atomic mass is 19.4. The molecule has 3 fully saturated rings. The van der Waals surface area contributed by atoms with Crippen molar-refractivity contribution in [2.75, 3.05) is 36.5 Å². The molecular formula is C23H27F3N4O4. The molecule has 2 bridgehead atoms. The van der Waals surface area contributed by atoms with Crippen molar-refractivity contribution in [3.63, 3.8) is 0 Å². The van der Waals surface area contributed by atoms with Gasteiger partial charge >= 0.3 is 6.18 Å². The third kappa shape index (κ3) is 4.05. The Kier molecular flexibility index (Phi) is 5.81. The molecule has 5 rings (SSSR count). The topological polar surface area (TPSA) is 88.8 Å². The van der Waals surface area contributed by atoms with Crippen LogP contribution in [0.2, 0.25) is 0 Å². The average Bonchev–Trinajstić information content (AvgIpc) is 3.44. The summed E-state index contributed by atoms with van der Waals surface area (Å²) in [7, 11) is 1.77. The summed E-state index contributed by atoms with van der Waals surface area (Å²) in [5.74, 6) is -1.51. The molecule has 2 aromatic rings. The van der Waals surface area contributed by atoms with Crippen molar-refractivity contribution in [1.29, 1.82) is 0 Å². The number of aromatic nitrogens is 2. The van der Waals surface area contributed by atoms with Gasteiger partial charge in [-0.2, -0.15) is 18.3 Å². The maximum Gasteiger partial charge on any atom is 0.418 e. The van der Waals surface area contributed by atoms with Crippen LogP contribution in [0.5, 0.6) is 0 Å². The number of hydrogen-bond acceptors (Lipinski definition) is 6. The highest BCUT2D eigenvalue weighted by Crippen LogP contribution is 2.50. The lowest BCUT2D eigenvalue weighted by molar-refractivity contribution is -0.137. The van der Waals surface area contributed by atoms with Gasteiger partial charge in [-0.25, -0.2) is 0 Å². The lowest BCUT2D eigenvalue weighted by atomic mass is 9.74. The van der Waals surface area contributed by atoms with Crippen LogP contribution in [-0.2, 0) is 27.5 Å². The second-order valence-corrected chi connectivity index (χ2v) is 9.16. The molecule has 184 valence electrons. The quantitative estimate of drug-likeness (QED) is 0.699. The van der Waals surface area contributed by atoms with E-state index in [1.54, 1.807) is 22.8 Å². The minimum Gasteiger partial charge on any atom is -0.390 e. The van der Waals surface area contributed by atoms with E-state index in [2.05, 4.69) is 10.4 Å². The third-order valence-corrected chi connectivity index (χ3v) is 6.96. The Hall–Kier alpha value is -2.63. The number of amides is 1. The number of morpholine rings is 1. The number of aryl methyl sites for hydroxylation is 2. The maximum absolute atomic E-state index is 13.9. The molecule has 5 atom stereocenters. The molecule has 0 unspecified atom stereocenters. The second-order valence-electron chi connectivity index (χ2n) is 9.16. The zero-order chi connectivity index (χ0) is 24.2. The molecule has 3 aliphatic heterocycles. The Balaban J connectivity index is 1.42. The zero-order valence-corrected chi connectivity index (χ0v) is 18.9. The van der Waals surface area contributed by atoms with Crippen molar-refractivity contribution in [1.82, 2.24) is 9.78 Å². The fourth-order valence-corrected chi connectivity index (χ4v) is 5.51. The Bertz CT molecular complexity index is 1080. The van der Waals surface area contributed by atoms with Gasteiger partial charge in [0.2, 0.25) is 5.91 Å². The summed E-state index contributed by atoms with van der Waals surface area (Å²) in [4.78, 5) is 15.0. The lowest BCUT2D eigenvalue weighted by Crippen LogP contribution is -2.41. The zero-order valence-electron chi connectivity index (χ0n) is 18.9. The standard InChI is InChI=1S/C23H27F3N4O4/c1-12-14(11-29(2)28-12)19-20(18-10-17(31)21(19)34-18)22(32)27-13-3-4-16(15(9-13)23(24,25)26)30-5-7-33-8-6-30/h3-4,9,11,17-21,31H,5-8,10H2,1-2H3,(H,27,32)/t17-,18+,19+,20-,21-/m0/s1. The molecule has 8 nitrogen and oxygen atoms in total. The van der Waals surface area contributed by atoms with Crippen molar-refractivity contribution < 1.29 is 32.5 Å². The first-order valence-corrected chi connectivity index (χ1v) is 11.3. The van der Waals surface area contributed by atoms with E-state index in [0.717, 1.165) is 17.3 Å². The van der Waals surface area contributed by atoms with E-state index in [1.807, 2.05) is 6.92 Å². The molecule has 2 N–H and O–H groups in total. The predicted octanol–water partition coefficient (Wildman–Crippen LogP) is 2.45. The number of nitrogens with one attached hydrogen (secondary N) is 1. The van der Waals surface area contributed by atoms with Crippen LogP contribution in [0.15, 0.2) is 24.4 Å². The number of aliphatic hydroxyl groups excluding tert-OH is 1. The number of fused-ring (bicyclic) bond motifs is 2. The highest BCUT2D eigenvalue weighted by Gasteiger charge is 2.57. The molecule has 4 heterocycles. The van der Waals surface area contributed by atoms with Crippen LogP contribution >= 0.6 is 0 Å². The van der Waals surface area contributed by atoms with Gasteiger partial charge < -0.3 is 24.8 Å². The fourth-order valence-electron chi connectivity index (χ4n) is 5.51. The number of rotatable bonds is 4. The molecule has 1 amide bonds. The summed E-state index contributed by atoms with van der Waals surface area (Å²) < 4.78 is 54.5. The van der Waals surface area contributed by atoms with Gasteiger partial charge in [-0.1, -0.05) is 0 Å². The van der Waals surface area contributed by atoms with Crippen LogP contribution < -0.4 is 10.2 Å². The van der Waals surface area contributed by atoms with Gasteiger partial charge in [0.25, 0.3) is 0 Å². The molecule has 3 aliphatic rings. The van der Waals surface area contributed by atoms with E-state index < -0.39 is 47.8 Å². The van der Waals surface area contributed by atoms with Crippen LogP contribution in [0.4, 0.5) is 24.5 Å². The number of anilines is 2. The molecule has 1 aromatic carbocycles. The van der Waals surface area contributed by atoms with E-state index in [9.17, 15) is 23.1 Å². The van der Waals surface area contributed by atoms with Gasteiger partial charge in [0.15, 0.2) is 0 Å². The molecule has 1 aromatic heterocycles. The van der Waals surface area contributed by atoms with Gasteiger partial charge in [0, 0.05) is 50.0 Å². The number of hydrogen-bond donors (Lipinski definition) is 2. The minimum atomic E-state index is -4.58. The summed E-state index contributed by atoms with van der Waals surface area (Å²) >= 11 is 0. The van der Waals surface area contributed by atoms with Crippen LogP contribution in [0.3, 0.4) is 0 Å². The van der Waals surface area contributed by atoms with Crippen molar-refractivity contribution in [2.45, 2.75) is 43.8 Å². The van der Waals surface area contributed by atoms with E-state index in [-0.39, 0.29) is 11.4 Å². The first kappa shape index (κ1) is 23.1. The predicted molar refractivity (Wildman–Crippen MR) is 117 cm³/mol. The van der Waals surface area contributed by atoms with Gasteiger partial charge in [-0.05, 0) is 30.7 Å². The summed E-state index contributed by atoms with van der Waals surface area (Å²) in [5, 5.41) is 17.4. The van der Waals surface area contributed by atoms with Gasteiger partial charge in [-0.15, -0.1) is 0 Å². The number of ether oxygens (including phenoxy) is 2. The van der Waals surface area contributed by atoms with Crippen molar-refractivity contribution >= 4 is 17.3 Å². The molecule has 11 heteroatoms. The van der Waals surface area contributed by atoms with E-state index in [1.165, 1.54) is 12.1 Å². The summed E-state index contributed by atoms with van der Waals surface area (Å²) in [6, 6.07) is 3.87. The van der Waals surface area contributed by atoms with Gasteiger partial charge in [0.05, 0.1) is 48.7 Å². The van der Waals surface area contributed by atoms with Crippen LogP contribution in [-0.4, -0.2) is 65.4 Å². The van der Waals surface area contributed by atoms with Crippen molar-refractivity contribution in [3.05, 3.63) is 41.2 Å². The average molecular weight is 480 g/mol. The second kappa shape index (κ2) is 8.54. The Morgan fingerprint density at radius 3 is 2.65 bits per heavy atom. The number of carbonyl (C=O) groups excluding carboxylic acids is 1. The SMILES string of the molecule is Cc1nn(C)cc1[C@H]1[C@H]2O[C@H](C[C@@H]2O)[C@@H]1C(=O)Nc1ccc(N2CCOCC2)c(C(F)(F)F)c1. The largest absolute Gasteiger partial charge is 0.418 e. The maximum atomic E-state index is 13.9. The minimum absolute atomic E-state index is 0.0688. The lowest BCUT2D eigenvalue weighted by Gasteiger charge is -2.31. The molecule has 0 saturated carbocycles. The fraction of sp³-hybridized carbons (Fsp3) is 0.565. The molecule has 3 saturated heterocycles. The van der Waals surface area contributed by atoms with E-state index in [4.69, 9.17) is 9.47 Å². The smallest absolute Gasteiger partial charge is 0.390 e. The van der Waals surface area contributed by atoms with E-state index in [0.29, 0.717) is 32.7 Å². The molecular weight excluding hydrogens is 453 g/mol. The molecule has 0 radical (unpaired) electrons. The summed E-state index contributed by atoms with van der Waals surface area (Å²) in [6.45, 7) is 3.28. The summed E-state index contributed by atoms with van der Waals surface area (Å²) in [5.41, 5.74) is 0.866. The first-order valence-electron chi connectivity index (χ1n) is 11.3. The Labute approximate surface area is 194 Å². The third-order valence-electron chi connectivity index (χ3n) is 6.96. The highest BCUT2D eigenvalue weighted by molar-refractivity contribution is 5.94. The number of halogens is 3. The number of nitrogens with zero attached hydrogens (tertiary/aromatic N) is 3. The monoisotopic (exact) mass is 480 g/mol. The summed E-state index contributed by atoms with van der Waals surface area (Å²) in [6.07, 6.45) is -4.25. The van der Waals surface area contributed by atoms with Crippen LogP contribution in [0, 0.1) is 12.8 Å². The van der Waals surface area contributed by atoms with Crippen LogP contribution in [0.25, 0.3) is 0 Å². The molecule has 34 heavy (non-hydrogen) atoms. The number of benzene rings is 1.